The number of rotatable bonds is 3. The van der Waals surface area contributed by atoms with Gasteiger partial charge in [-0.15, -0.1) is 0 Å². The number of nitrogens with one attached hydrogen (secondary N) is 1. The van der Waals surface area contributed by atoms with Crippen molar-refractivity contribution in [2.24, 2.45) is 0 Å². The molecule has 0 fully saturated rings. The lowest BCUT2D eigenvalue weighted by Crippen LogP contribution is -2.04. The molecule has 0 bridgehead atoms. The van der Waals surface area contributed by atoms with Crippen LogP contribution in [0.5, 0.6) is 0 Å². The lowest BCUT2D eigenvalue weighted by atomic mass is 10.1. The van der Waals surface area contributed by atoms with Crippen molar-refractivity contribution in [1.82, 2.24) is 9.97 Å². The van der Waals surface area contributed by atoms with Crippen molar-refractivity contribution in [3.8, 4) is 0 Å². The Morgan fingerprint density at radius 2 is 2.05 bits per heavy atom. The molecule has 19 heavy (non-hydrogen) atoms. The normalized spacial score (nSPS) is 11.0. The van der Waals surface area contributed by atoms with Crippen molar-refractivity contribution in [2.45, 2.75) is 26.2 Å². The summed E-state index contributed by atoms with van der Waals surface area (Å²) in [5, 5.41) is 0. The van der Waals surface area contributed by atoms with Gasteiger partial charge >= 0.3 is 0 Å². The van der Waals surface area contributed by atoms with E-state index in [1.165, 1.54) is 5.56 Å². The highest BCUT2D eigenvalue weighted by molar-refractivity contribution is 9.10. The minimum absolute atomic E-state index is 0.375. The van der Waals surface area contributed by atoms with Gasteiger partial charge in [0.1, 0.15) is 10.5 Å². The second-order valence-electron chi connectivity index (χ2n) is 4.68. The fourth-order valence-corrected chi connectivity index (χ4v) is 3.16. The van der Waals surface area contributed by atoms with Crippen LogP contribution in [-0.2, 0) is 6.42 Å². The van der Waals surface area contributed by atoms with Gasteiger partial charge in [-0.1, -0.05) is 54.1 Å². The molecule has 100 valence electrons. The van der Waals surface area contributed by atoms with E-state index in [4.69, 9.17) is 12.2 Å². The highest BCUT2D eigenvalue weighted by atomic mass is 79.9. The van der Waals surface area contributed by atoms with Gasteiger partial charge in [-0.3, -0.25) is 0 Å². The molecule has 1 heterocycles. The topological polar surface area (TPSA) is 28.7 Å². The number of aromatic nitrogens is 2. The molecule has 2 aromatic rings. The minimum atomic E-state index is 0.375. The Morgan fingerprint density at radius 1 is 1.32 bits per heavy atom. The summed E-state index contributed by atoms with van der Waals surface area (Å²) in [6, 6.07) is 8.21. The average Bonchev–Trinajstić information content (AvgIpc) is 2.33. The van der Waals surface area contributed by atoms with Crippen LogP contribution in [0.2, 0.25) is 0 Å². The van der Waals surface area contributed by atoms with Gasteiger partial charge < -0.3 is 4.98 Å². The Morgan fingerprint density at radius 3 is 2.68 bits per heavy atom. The van der Waals surface area contributed by atoms with E-state index in [-0.39, 0.29) is 0 Å². The van der Waals surface area contributed by atoms with Crippen molar-refractivity contribution in [2.75, 3.05) is 0 Å². The molecule has 0 spiro atoms. The first kappa shape index (κ1) is 14.9. The van der Waals surface area contributed by atoms with Crippen LogP contribution in [0.3, 0.4) is 0 Å². The largest absolute Gasteiger partial charge is 0.346 e. The highest BCUT2D eigenvalue weighted by Crippen LogP contribution is 2.24. The first-order chi connectivity index (χ1) is 8.97. The van der Waals surface area contributed by atoms with Gasteiger partial charge in [0.05, 0.1) is 4.47 Å². The van der Waals surface area contributed by atoms with Crippen molar-refractivity contribution < 1.29 is 0 Å². The second-order valence-corrected chi connectivity index (χ2v) is 6.77. The summed E-state index contributed by atoms with van der Waals surface area (Å²) in [5.74, 6) is 1.27. The SMILES string of the molecule is CC(C)c1[nH]c(Cc2cccc(Br)c2)nc(=S)c1Br. The third kappa shape index (κ3) is 3.74. The van der Waals surface area contributed by atoms with Crippen LogP contribution < -0.4 is 0 Å². The molecule has 2 nitrogen and oxygen atoms in total. The molecule has 1 aromatic carbocycles. The molecular weight excluding hydrogens is 388 g/mol. The van der Waals surface area contributed by atoms with Crippen LogP contribution in [-0.4, -0.2) is 9.97 Å². The lowest BCUT2D eigenvalue weighted by Gasteiger charge is -2.11. The third-order valence-electron chi connectivity index (χ3n) is 2.78. The Hall–Kier alpha value is -0.520. The lowest BCUT2D eigenvalue weighted by molar-refractivity contribution is 0.780. The molecule has 0 amide bonds. The Kier molecular flexibility index (Phi) is 4.92. The van der Waals surface area contributed by atoms with Crippen LogP contribution in [0, 0.1) is 4.64 Å². The molecule has 0 atom stereocenters. The summed E-state index contributed by atoms with van der Waals surface area (Å²) in [5.41, 5.74) is 2.30. The molecule has 5 heteroatoms. The van der Waals surface area contributed by atoms with Crippen molar-refractivity contribution in [3.63, 3.8) is 0 Å². The molecule has 0 aliphatic rings. The highest BCUT2D eigenvalue weighted by Gasteiger charge is 2.10. The van der Waals surface area contributed by atoms with Crippen LogP contribution in [0.1, 0.15) is 36.8 Å². The fourth-order valence-electron chi connectivity index (χ4n) is 1.85. The van der Waals surface area contributed by atoms with E-state index in [1.54, 1.807) is 0 Å². The molecule has 1 aromatic heterocycles. The quantitative estimate of drug-likeness (QED) is 0.699. The molecule has 0 saturated heterocycles. The summed E-state index contributed by atoms with van der Waals surface area (Å²) in [7, 11) is 0. The molecule has 0 radical (unpaired) electrons. The van der Waals surface area contributed by atoms with E-state index in [9.17, 15) is 0 Å². The number of H-pyrrole nitrogens is 1. The monoisotopic (exact) mass is 400 g/mol. The number of nitrogens with zero attached hydrogens (tertiary/aromatic N) is 1. The van der Waals surface area contributed by atoms with E-state index >= 15 is 0 Å². The fraction of sp³-hybridized carbons (Fsp3) is 0.286. The summed E-state index contributed by atoms with van der Waals surface area (Å²) in [6.45, 7) is 4.27. The van der Waals surface area contributed by atoms with Gasteiger partial charge in [0, 0.05) is 16.6 Å². The Bertz CT molecular complexity index is 650. The maximum Gasteiger partial charge on any atom is 0.144 e. The Balaban J connectivity index is 2.39. The summed E-state index contributed by atoms with van der Waals surface area (Å²) >= 11 is 12.3. The first-order valence-electron chi connectivity index (χ1n) is 6.00. The molecular formula is C14H14Br2N2S. The van der Waals surface area contributed by atoms with E-state index < -0.39 is 0 Å². The predicted octanol–water partition coefficient (Wildman–Crippen LogP) is 5.38. The van der Waals surface area contributed by atoms with Crippen molar-refractivity contribution in [1.29, 1.82) is 0 Å². The summed E-state index contributed by atoms with van der Waals surface area (Å²) in [6.07, 6.45) is 0.746. The summed E-state index contributed by atoms with van der Waals surface area (Å²) in [4.78, 5) is 7.82. The van der Waals surface area contributed by atoms with Crippen LogP contribution in [0.4, 0.5) is 0 Å². The number of hydrogen-bond donors (Lipinski definition) is 1. The average molecular weight is 402 g/mol. The van der Waals surface area contributed by atoms with Crippen molar-refractivity contribution in [3.05, 3.63) is 54.9 Å². The van der Waals surface area contributed by atoms with Crippen LogP contribution in [0.25, 0.3) is 0 Å². The molecule has 1 N–H and O–H groups in total. The first-order valence-corrected chi connectivity index (χ1v) is 8.00. The van der Waals surface area contributed by atoms with E-state index in [0.29, 0.717) is 10.6 Å². The van der Waals surface area contributed by atoms with E-state index in [2.05, 4.69) is 67.8 Å². The van der Waals surface area contributed by atoms with Gasteiger partial charge in [-0.05, 0) is 39.5 Å². The van der Waals surface area contributed by atoms with Gasteiger partial charge in [-0.25, -0.2) is 4.98 Å². The number of benzene rings is 1. The van der Waals surface area contributed by atoms with Crippen LogP contribution in [0.15, 0.2) is 33.2 Å². The second kappa shape index (κ2) is 6.29. The smallest absolute Gasteiger partial charge is 0.144 e. The zero-order valence-corrected chi connectivity index (χ0v) is 14.7. The van der Waals surface area contributed by atoms with E-state index in [1.807, 2.05) is 12.1 Å². The number of aromatic amines is 1. The molecule has 0 aliphatic carbocycles. The molecule has 2 rings (SSSR count). The third-order valence-corrected chi connectivity index (χ3v) is 4.63. The van der Waals surface area contributed by atoms with Crippen LogP contribution >= 0.6 is 44.1 Å². The maximum absolute atomic E-state index is 5.30. The van der Waals surface area contributed by atoms with Gasteiger partial charge in [-0.2, -0.15) is 0 Å². The van der Waals surface area contributed by atoms with Crippen molar-refractivity contribution >= 4 is 44.1 Å². The molecule has 0 unspecified atom stereocenters. The standard InChI is InChI=1S/C14H14Br2N2S/c1-8(2)13-12(16)14(19)18-11(17-13)7-9-4-3-5-10(15)6-9/h3-6,8H,7H2,1-2H3,(H,17,18,19). The molecule has 0 saturated carbocycles. The predicted molar refractivity (Wildman–Crippen MR) is 88.2 cm³/mol. The van der Waals surface area contributed by atoms with Gasteiger partial charge in [0.2, 0.25) is 0 Å². The van der Waals surface area contributed by atoms with E-state index in [0.717, 1.165) is 26.9 Å². The zero-order chi connectivity index (χ0) is 14.0. The van der Waals surface area contributed by atoms with Gasteiger partial charge in [0.15, 0.2) is 0 Å². The number of halogens is 2. The van der Waals surface area contributed by atoms with Gasteiger partial charge in [0.25, 0.3) is 0 Å². The maximum atomic E-state index is 5.30. The minimum Gasteiger partial charge on any atom is -0.346 e. The molecule has 0 aliphatic heterocycles. The Labute approximate surface area is 134 Å². The zero-order valence-electron chi connectivity index (χ0n) is 10.7. The number of hydrogen-bond acceptors (Lipinski definition) is 2. The summed E-state index contributed by atoms with van der Waals surface area (Å²) < 4.78 is 2.59.